The van der Waals surface area contributed by atoms with E-state index in [9.17, 15) is 0 Å². The number of pyridine rings is 1. The molecule has 0 aliphatic rings. The van der Waals surface area contributed by atoms with Crippen molar-refractivity contribution < 1.29 is 5.11 Å². The van der Waals surface area contributed by atoms with E-state index in [-0.39, 0.29) is 6.61 Å². The highest BCUT2D eigenvalue weighted by molar-refractivity contribution is 8.03. The standard InChI is InChI=1S/C14H23N3OS/c1-4-19-13(7-8-18)11(3)16-9-12-6-5-10(2)17-14(12)15/h5-6,16,18H,4,7-9H2,1-3H3,(H2,15,17)/b13-11-. The molecule has 1 heterocycles. The summed E-state index contributed by atoms with van der Waals surface area (Å²) in [5.74, 6) is 1.58. The van der Waals surface area contributed by atoms with Gasteiger partial charge in [-0.3, -0.25) is 0 Å². The number of nitrogens with zero attached hydrogens (tertiary/aromatic N) is 1. The fraction of sp³-hybridized carbons (Fsp3) is 0.500. The van der Waals surface area contributed by atoms with Crippen molar-refractivity contribution in [3.8, 4) is 0 Å². The molecule has 0 aromatic carbocycles. The fourth-order valence-electron chi connectivity index (χ4n) is 1.73. The molecule has 106 valence electrons. The number of aromatic nitrogens is 1. The summed E-state index contributed by atoms with van der Waals surface area (Å²) >= 11 is 1.76. The summed E-state index contributed by atoms with van der Waals surface area (Å²) in [5, 5.41) is 12.4. The third-order valence-electron chi connectivity index (χ3n) is 2.77. The Kier molecular flexibility index (Phi) is 6.73. The van der Waals surface area contributed by atoms with E-state index in [1.807, 2.05) is 26.0 Å². The van der Waals surface area contributed by atoms with Crippen molar-refractivity contribution >= 4 is 17.6 Å². The van der Waals surface area contributed by atoms with E-state index in [0.717, 1.165) is 22.7 Å². The molecule has 1 aromatic heterocycles. The third-order valence-corrected chi connectivity index (χ3v) is 3.92. The number of nitrogen functional groups attached to an aromatic ring is 1. The summed E-state index contributed by atoms with van der Waals surface area (Å²) in [5.41, 5.74) is 8.91. The number of aryl methyl sites for hydroxylation is 1. The molecule has 0 amide bonds. The molecule has 19 heavy (non-hydrogen) atoms. The molecule has 0 fully saturated rings. The minimum Gasteiger partial charge on any atom is -0.396 e. The van der Waals surface area contributed by atoms with Gasteiger partial charge in [0.2, 0.25) is 0 Å². The van der Waals surface area contributed by atoms with E-state index in [0.29, 0.717) is 18.8 Å². The van der Waals surface area contributed by atoms with Crippen LogP contribution in [0.5, 0.6) is 0 Å². The van der Waals surface area contributed by atoms with Crippen LogP contribution >= 0.6 is 11.8 Å². The highest BCUT2D eigenvalue weighted by atomic mass is 32.2. The smallest absolute Gasteiger partial charge is 0.128 e. The zero-order chi connectivity index (χ0) is 14.3. The van der Waals surface area contributed by atoms with Gasteiger partial charge < -0.3 is 16.2 Å². The van der Waals surface area contributed by atoms with Gasteiger partial charge >= 0.3 is 0 Å². The van der Waals surface area contributed by atoms with Crippen molar-refractivity contribution in [3.63, 3.8) is 0 Å². The number of anilines is 1. The van der Waals surface area contributed by atoms with E-state index in [1.54, 1.807) is 11.8 Å². The van der Waals surface area contributed by atoms with Gasteiger partial charge in [-0.1, -0.05) is 13.0 Å². The van der Waals surface area contributed by atoms with Gasteiger partial charge in [0.15, 0.2) is 0 Å². The number of aliphatic hydroxyl groups excluding tert-OH is 1. The van der Waals surface area contributed by atoms with Crippen LogP contribution in [0.3, 0.4) is 0 Å². The van der Waals surface area contributed by atoms with Crippen molar-refractivity contribution in [1.82, 2.24) is 10.3 Å². The maximum atomic E-state index is 9.07. The third kappa shape index (κ3) is 5.12. The average molecular weight is 281 g/mol. The second kappa shape index (κ2) is 8.07. The topological polar surface area (TPSA) is 71.2 Å². The summed E-state index contributed by atoms with van der Waals surface area (Å²) in [6.07, 6.45) is 0.693. The molecule has 0 spiro atoms. The Hall–Kier alpha value is -1.20. The summed E-state index contributed by atoms with van der Waals surface area (Å²) in [6.45, 7) is 6.90. The van der Waals surface area contributed by atoms with E-state index >= 15 is 0 Å². The van der Waals surface area contributed by atoms with E-state index in [4.69, 9.17) is 10.8 Å². The first kappa shape index (κ1) is 15.9. The van der Waals surface area contributed by atoms with Gasteiger partial charge in [0, 0.05) is 41.4 Å². The quantitative estimate of drug-likeness (QED) is 0.716. The Labute approximate surface area is 119 Å². The predicted octanol–water partition coefficient (Wildman–Crippen LogP) is 2.43. The van der Waals surface area contributed by atoms with Crippen LogP contribution in [0, 0.1) is 6.92 Å². The number of hydrogen-bond donors (Lipinski definition) is 3. The molecular formula is C14H23N3OS. The highest BCUT2D eigenvalue weighted by Crippen LogP contribution is 2.22. The minimum absolute atomic E-state index is 0.176. The van der Waals surface area contributed by atoms with Crippen LogP contribution in [0.2, 0.25) is 0 Å². The zero-order valence-corrected chi connectivity index (χ0v) is 12.7. The lowest BCUT2D eigenvalue weighted by Crippen LogP contribution is -2.14. The van der Waals surface area contributed by atoms with Crippen LogP contribution in [-0.4, -0.2) is 22.5 Å². The van der Waals surface area contributed by atoms with E-state index in [1.165, 1.54) is 4.91 Å². The van der Waals surface area contributed by atoms with Crippen molar-refractivity contribution in [2.75, 3.05) is 18.1 Å². The Morgan fingerprint density at radius 1 is 1.47 bits per heavy atom. The van der Waals surface area contributed by atoms with Gasteiger partial charge in [0.05, 0.1) is 0 Å². The van der Waals surface area contributed by atoms with Gasteiger partial charge in [-0.05, 0) is 25.7 Å². The molecule has 0 atom stereocenters. The number of aliphatic hydroxyl groups is 1. The lowest BCUT2D eigenvalue weighted by atomic mass is 10.2. The van der Waals surface area contributed by atoms with Crippen LogP contribution in [0.4, 0.5) is 5.82 Å². The Morgan fingerprint density at radius 3 is 2.79 bits per heavy atom. The fourth-order valence-corrected chi connectivity index (χ4v) is 2.60. The molecule has 1 rings (SSSR count). The number of allylic oxidation sites excluding steroid dienone is 1. The molecule has 0 radical (unpaired) electrons. The van der Waals surface area contributed by atoms with Crippen LogP contribution in [0.1, 0.15) is 31.5 Å². The zero-order valence-electron chi connectivity index (χ0n) is 11.9. The first-order valence-corrected chi connectivity index (χ1v) is 7.46. The monoisotopic (exact) mass is 281 g/mol. The molecular weight excluding hydrogens is 258 g/mol. The molecule has 0 aliphatic carbocycles. The summed E-state index contributed by atoms with van der Waals surface area (Å²) in [4.78, 5) is 5.44. The van der Waals surface area contributed by atoms with E-state index in [2.05, 4.69) is 17.2 Å². The summed E-state index contributed by atoms with van der Waals surface area (Å²) in [6, 6.07) is 3.96. The van der Waals surface area contributed by atoms with Crippen molar-refractivity contribution in [2.45, 2.75) is 33.7 Å². The van der Waals surface area contributed by atoms with Crippen LogP contribution < -0.4 is 11.1 Å². The average Bonchev–Trinajstić information content (AvgIpc) is 2.37. The highest BCUT2D eigenvalue weighted by Gasteiger charge is 2.05. The number of rotatable bonds is 7. The second-order valence-electron chi connectivity index (χ2n) is 4.31. The van der Waals surface area contributed by atoms with Crippen molar-refractivity contribution in [2.24, 2.45) is 0 Å². The molecule has 4 nitrogen and oxygen atoms in total. The van der Waals surface area contributed by atoms with Crippen LogP contribution in [0.25, 0.3) is 0 Å². The molecule has 4 N–H and O–H groups in total. The maximum Gasteiger partial charge on any atom is 0.128 e. The Balaban J connectivity index is 2.70. The molecule has 0 unspecified atom stereocenters. The van der Waals surface area contributed by atoms with Gasteiger partial charge in [0.1, 0.15) is 5.82 Å². The molecule has 0 saturated carbocycles. The molecule has 1 aromatic rings. The molecule has 5 heteroatoms. The normalized spacial score (nSPS) is 12.2. The predicted molar refractivity (Wildman–Crippen MR) is 82.8 cm³/mol. The lowest BCUT2D eigenvalue weighted by molar-refractivity contribution is 0.301. The summed E-state index contributed by atoms with van der Waals surface area (Å²) in [7, 11) is 0. The van der Waals surface area contributed by atoms with Gasteiger partial charge in [-0.15, -0.1) is 11.8 Å². The van der Waals surface area contributed by atoms with E-state index < -0.39 is 0 Å². The van der Waals surface area contributed by atoms with Crippen molar-refractivity contribution in [1.29, 1.82) is 0 Å². The van der Waals surface area contributed by atoms with Gasteiger partial charge in [-0.2, -0.15) is 0 Å². The minimum atomic E-state index is 0.176. The number of thioether (sulfide) groups is 1. The first-order chi connectivity index (χ1) is 9.08. The Bertz CT molecular complexity index is 438. The molecule has 0 saturated heterocycles. The second-order valence-corrected chi connectivity index (χ2v) is 5.66. The van der Waals surface area contributed by atoms with Gasteiger partial charge in [-0.25, -0.2) is 4.98 Å². The van der Waals surface area contributed by atoms with Gasteiger partial charge in [0.25, 0.3) is 0 Å². The first-order valence-electron chi connectivity index (χ1n) is 6.47. The SMILES string of the molecule is CCS/C(CCO)=C(/C)NCc1ccc(C)nc1N. The largest absolute Gasteiger partial charge is 0.396 e. The Morgan fingerprint density at radius 2 is 2.21 bits per heavy atom. The molecule has 0 bridgehead atoms. The summed E-state index contributed by atoms with van der Waals surface area (Å²) < 4.78 is 0. The molecule has 0 aliphatic heterocycles. The number of hydrogen-bond acceptors (Lipinski definition) is 5. The lowest BCUT2D eigenvalue weighted by Gasteiger charge is -2.13. The van der Waals surface area contributed by atoms with Crippen molar-refractivity contribution in [3.05, 3.63) is 34.0 Å². The van der Waals surface area contributed by atoms with Crippen LogP contribution in [-0.2, 0) is 6.54 Å². The number of nitrogens with two attached hydrogens (primary N) is 1. The maximum absolute atomic E-state index is 9.07. The van der Waals surface area contributed by atoms with Crippen LogP contribution in [0.15, 0.2) is 22.7 Å². The number of nitrogens with one attached hydrogen (secondary N) is 1.